The van der Waals surface area contributed by atoms with E-state index in [1.54, 1.807) is 6.08 Å². The molecule has 0 saturated carbocycles. The highest BCUT2D eigenvalue weighted by atomic mass is 31.2. The van der Waals surface area contributed by atoms with Gasteiger partial charge in [-0.1, -0.05) is 304 Å². The summed E-state index contributed by atoms with van der Waals surface area (Å²) in [6.45, 7) is 4.56. The lowest BCUT2D eigenvalue weighted by Crippen LogP contribution is -2.45. The maximum Gasteiger partial charge on any atom is 0.268 e. The van der Waals surface area contributed by atoms with Crippen LogP contribution in [0.3, 0.4) is 0 Å². The molecule has 0 aromatic carbocycles. The molecule has 0 aromatic rings. The summed E-state index contributed by atoms with van der Waals surface area (Å²) in [5.41, 5.74) is 0. The predicted octanol–water partition coefficient (Wildman–Crippen LogP) is 20.1. The van der Waals surface area contributed by atoms with E-state index in [1.807, 2.05) is 27.2 Å². The largest absolute Gasteiger partial charge is 0.756 e. The van der Waals surface area contributed by atoms with Crippen molar-refractivity contribution in [3.05, 3.63) is 85.1 Å². The summed E-state index contributed by atoms with van der Waals surface area (Å²) in [4.78, 5) is 25.6. The smallest absolute Gasteiger partial charge is 0.268 e. The van der Waals surface area contributed by atoms with Crippen LogP contribution in [-0.4, -0.2) is 68.5 Å². The van der Waals surface area contributed by atoms with E-state index in [1.165, 1.54) is 199 Å². The van der Waals surface area contributed by atoms with Gasteiger partial charge in [-0.3, -0.25) is 9.36 Å². The zero-order valence-electron chi connectivity index (χ0n) is 51.9. The van der Waals surface area contributed by atoms with Crippen molar-refractivity contribution in [1.29, 1.82) is 0 Å². The van der Waals surface area contributed by atoms with Crippen LogP contribution in [0.25, 0.3) is 0 Å². The van der Waals surface area contributed by atoms with Crippen molar-refractivity contribution in [2.45, 2.75) is 309 Å². The molecule has 0 bridgehead atoms. The third kappa shape index (κ3) is 61.3. The summed E-state index contributed by atoms with van der Waals surface area (Å²) in [6.07, 6.45) is 83.9. The van der Waals surface area contributed by atoms with Gasteiger partial charge in [-0.25, -0.2) is 0 Å². The van der Waals surface area contributed by atoms with E-state index in [9.17, 15) is 19.4 Å². The van der Waals surface area contributed by atoms with Crippen molar-refractivity contribution in [3.63, 3.8) is 0 Å². The molecule has 0 spiro atoms. The number of quaternary nitrogens is 1. The lowest BCUT2D eigenvalue weighted by Gasteiger charge is -2.29. The number of hydrogen-bond donors (Lipinski definition) is 2. The molecule has 3 unspecified atom stereocenters. The van der Waals surface area contributed by atoms with Crippen molar-refractivity contribution < 1.29 is 32.9 Å². The van der Waals surface area contributed by atoms with Gasteiger partial charge in [0.05, 0.1) is 39.9 Å². The van der Waals surface area contributed by atoms with E-state index >= 15 is 0 Å². The van der Waals surface area contributed by atoms with E-state index in [0.29, 0.717) is 17.4 Å². The molecule has 0 aromatic heterocycles. The number of phosphoric ester groups is 1. The van der Waals surface area contributed by atoms with Crippen LogP contribution in [0.4, 0.5) is 0 Å². The molecule has 8 nitrogen and oxygen atoms in total. The molecule has 1 amide bonds. The number of carbonyl (C=O) groups excluding carboxylic acids is 1. The molecule has 454 valence electrons. The number of aliphatic hydroxyl groups excluding tert-OH is 1. The van der Waals surface area contributed by atoms with E-state index in [4.69, 9.17) is 9.05 Å². The van der Waals surface area contributed by atoms with Crippen LogP contribution < -0.4 is 10.2 Å². The van der Waals surface area contributed by atoms with Crippen LogP contribution in [0.15, 0.2) is 85.1 Å². The lowest BCUT2D eigenvalue weighted by atomic mass is 10.0. The lowest BCUT2D eigenvalue weighted by molar-refractivity contribution is -0.870. The molecule has 0 aliphatic heterocycles. The summed E-state index contributed by atoms with van der Waals surface area (Å²) in [5, 5.41) is 13.9. The number of likely N-dealkylation sites (N-methyl/N-ethyl adjacent to an activating group) is 1. The second-order valence-corrected chi connectivity index (χ2v) is 24.9. The van der Waals surface area contributed by atoms with Crippen molar-refractivity contribution in [3.8, 4) is 0 Å². The second-order valence-electron chi connectivity index (χ2n) is 23.4. The minimum Gasteiger partial charge on any atom is -0.756 e. The first-order valence-corrected chi connectivity index (χ1v) is 34.4. The van der Waals surface area contributed by atoms with Crippen LogP contribution in [0, 0.1) is 0 Å². The van der Waals surface area contributed by atoms with Crippen LogP contribution in [0.2, 0.25) is 0 Å². The monoisotopic (exact) mass is 1110 g/mol. The summed E-state index contributed by atoms with van der Waals surface area (Å²) in [6, 6.07) is -0.892. The number of nitrogens with zero attached hydrogens (tertiary/aromatic N) is 1. The Labute approximate surface area is 484 Å². The Hall–Kier alpha value is -2.32. The summed E-state index contributed by atoms with van der Waals surface area (Å²) in [7, 11) is 1.26. The third-order valence-corrected chi connectivity index (χ3v) is 15.6. The highest BCUT2D eigenvalue weighted by Gasteiger charge is 2.23. The first kappa shape index (κ1) is 75.7. The second kappa shape index (κ2) is 59.3. The number of nitrogens with one attached hydrogen (secondary N) is 1. The van der Waals surface area contributed by atoms with Gasteiger partial charge in [0.25, 0.3) is 7.82 Å². The Balaban J connectivity index is 4.11. The Kier molecular flexibility index (Phi) is 57.5. The quantitative estimate of drug-likeness (QED) is 0.0272. The minimum absolute atomic E-state index is 0.00297. The van der Waals surface area contributed by atoms with E-state index in [2.05, 4.69) is 92.1 Å². The predicted molar refractivity (Wildman–Crippen MR) is 339 cm³/mol. The molecule has 2 N–H and O–H groups in total. The Morgan fingerprint density at radius 2 is 0.782 bits per heavy atom. The summed E-state index contributed by atoms with van der Waals surface area (Å²) >= 11 is 0. The zero-order valence-corrected chi connectivity index (χ0v) is 52.7. The molecule has 0 heterocycles. The number of unbranched alkanes of at least 4 members (excludes halogenated alkanes) is 35. The summed E-state index contributed by atoms with van der Waals surface area (Å²) in [5.74, 6) is -0.197. The van der Waals surface area contributed by atoms with Gasteiger partial charge in [-0.2, -0.15) is 0 Å². The van der Waals surface area contributed by atoms with Crippen molar-refractivity contribution in [1.82, 2.24) is 5.32 Å². The third-order valence-electron chi connectivity index (χ3n) is 14.6. The van der Waals surface area contributed by atoms with Gasteiger partial charge in [0.15, 0.2) is 0 Å². The molecule has 0 fully saturated rings. The molecule has 0 aliphatic rings. The number of rotatable bonds is 60. The fraction of sp³-hybridized carbons (Fsp3) is 0.783. The first-order valence-electron chi connectivity index (χ1n) is 32.9. The van der Waals surface area contributed by atoms with Gasteiger partial charge < -0.3 is 28.8 Å². The average molecular weight is 1110 g/mol. The zero-order chi connectivity index (χ0) is 57.0. The van der Waals surface area contributed by atoms with E-state index in [0.717, 1.165) is 77.0 Å². The molecule has 0 rings (SSSR count). The summed E-state index contributed by atoms with van der Waals surface area (Å²) < 4.78 is 23.4. The number of carbonyl (C=O) groups is 1. The average Bonchev–Trinajstić information content (AvgIpc) is 3.41. The van der Waals surface area contributed by atoms with E-state index in [-0.39, 0.29) is 19.1 Å². The van der Waals surface area contributed by atoms with Gasteiger partial charge in [-0.05, 0) is 70.6 Å². The van der Waals surface area contributed by atoms with Crippen LogP contribution in [0.5, 0.6) is 0 Å². The molecular weight excluding hydrogens is 984 g/mol. The normalized spacial score (nSPS) is 14.3. The highest BCUT2D eigenvalue weighted by Crippen LogP contribution is 2.38. The van der Waals surface area contributed by atoms with Crippen molar-refractivity contribution in [2.24, 2.45) is 0 Å². The SMILES string of the molecule is CC/C=C\C/C=C\C/C=C\C/C=C\C/C=C\C/C=C\CCCCCCCCCCCCCCCCC(=O)NC(COP(=O)([O-])OCC[N+](C)(C)C)C(O)/C=C/CCCCCCCCCCCCCCCCCCCCCCC. The number of aliphatic hydroxyl groups is 1. The standard InChI is InChI=1S/C69H127N2O6P/c1-6-8-10-12-14-16-18-20-22-24-26-28-30-31-32-33-34-35-36-37-38-39-41-43-45-47-49-51-53-55-57-59-61-63-69(73)70-67(66-77-78(74,75)76-65-64-71(3,4)5)68(72)62-60-58-56-54-52-50-48-46-44-42-40-29-27-25-23-21-19-17-15-13-11-9-7-2/h8,10,14,16,20,22,26,28,31-32,34-35,60,62,67-68,72H,6-7,9,11-13,15,17-19,21,23-25,27,29-30,33,36-59,61,63-66H2,1-5H3,(H-,70,73,74,75)/b10-8-,16-14-,22-20-,28-26-,32-31-,35-34-,62-60+. The van der Waals surface area contributed by atoms with E-state index < -0.39 is 20.0 Å². The number of phosphoric acid groups is 1. The fourth-order valence-corrected chi connectivity index (χ4v) is 10.2. The maximum absolute atomic E-state index is 13.0. The maximum atomic E-state index is 13.0. The minimum atomic E-state index is -4.61. The Morgan fingerprint density at radius 1 is 0.462 bits per heavy atom. The topological polar surface area (TPSA) is 108 Å². The van der Waals surface area contributed by atoms with Gasteiger partial charge in [0.1, 0.15) is 13.2 Å². The van der Waals surface area contributed by atoms with Gasteiger partial charge >= 0.3 is 0 Å². The van der Waals surface area contributed by atoms with Crippen molar-refractivity contribution >= 4 is 13.7 Å². The molecular formula is C69H127N2O6P. The molecule has 0 radical (unpaired) electrons. The van der Waals surface area contributed by atoms with Crippen LogP contribution >= 0.6 is 7.82 Å². The van der Waals surface area contributed by atoms with Crippen LogP contribution in [0.1, 0.15) is 296 Å². The van der Waals surface area contributed by atoms with Crippen LogP contribution in [-0.2, 0) is 18.4 Å². The molecule has 0 saturated heterocycles. The Morgan fingerprint density at radius 3 is 1.14 bits per heavy atom. The van der Waals surface area contributed by atoms with Gasteiger partial charge in [0, 0.05) is 6.42 Å². The first-order chi connectivity index (χ1) is 38.0. The van der Waals surface area contributed by atoms with Crippen molar-refractivity contribution in [2.75, 3.05) is 40.9 Å². The Bertz CT molecular complexity index is 1550. The molecule has 9 heteroatoms. The van der Waals surface area contributed by atoms with Gasteiger partial charge in [-0.15, -0.1) is 0 Å². The number of hydrogen-bond acceptors (Lipinski definition) is 6. The fourth-order valence-electron chi connectivity index (χ4n) is 9.51. The number of allylic oxidation sites excluding steroid dienone is 13. The highest BCUT2D eigenvalue weighted by molar-refractivity contribution is 7.45. The molecule has 78 heavy (non-hydrogen) atoms. The number of amides is 1. The molecule has 0 aliphatic carbocycles. The molecule has 3 atom stereocenters. The van der Waals surface area contributed by atoms with Gasteiger partial charge in [0.2, 0.25) is 5.91 Å².